The normalized spacial score (nSPS) is 16.8. The van der Waals surface area contributed by atoms with Crippen molar-refractivity contribution in [3.8, 4) is 5.69 Å². The summed E-state index contributed by atoms with van der Waals surface area (Å²) in [7, 11) is 0. The molecule has 1 aliphatic heterocycles. The molecule has 3 aromatic rings. The SMILES string of the molecule is O=C(c1cc(=O)n(-c2ccccc2)[nH]1)N1CC[C@H](c2ccccc2Cl)C1. The van der Waals surface area contributed by atoms with Gasteiger partial charge >= 0.3 is 0 Å². The summed E-state index contributed by atoms with van der Waals surface area (Å²) in [5.74, 6) is 0.0573. The Hall–Kier alpha value is -2.79. The Balaban J connectivity index is 1.54. The van der Waals surface area contributed by atoms with Gasteiger partial charge in [-0.15, -0.1) is 0 Å². The molecule has 1 atom stereocenters. The summed E-state index contributed by atoms with van der Waals surface area (Å²) in [5, 5.41) is 3.66. The Morgan fingerprint density at radius 2 is 1.81 bits per heavy atom. The van der Waals surface area contributed by atoms with E-state index in [2.05, 4.69) is 5.10 Å². The number of H-pyrrole nitrogens is 1. The standard InChI is InChI=1S/C20H18ClN3O2/c21-17-9-5-4-8-16(17)14-10-11-23(13-14)20(26)18-12-19(25)24(22-18)15-6-2-1-3-7-15/h1-9,12,14,22H,10-11,13H2/t14-/m0/s1. The third kappa shape index (κ3) is 3.06. The van der Waals surface area contributed by atoms with Gasteiger partial charge in [0.25, 0.3) is 11.5 Å². The third-order valence-corrected chi connectivity index (χ3v) is 5.13. The molecule has 2 heterocycles. The zero-order chi connectivity index (χ0) is 18.1. The first kappa shape index (κ1) is 16.7. The van der Waals surface area contributed by atoms with Crippen molar-refractivity contribution in [2.45, 2.75) is 12.3 Å². The Kier molecular flexibility index (Phi) is 4.39. The predicted octanol–water partition coefficient (Wildman–Crippen LogP) is 3.45. The Morgan fingerprint density at radius 1 is 1.08 bits per heavy atom. The highest BCUT2D eigenvalue weighted by Gasteiger charge is 2.30. The number of para-hydroxylation sites is 1. The number of nitrogens with zero attached hydrogens (tertiary/aromatic N) is 2. The third-order valence-electron chi connectivity index (χ3n) is 4.79. The van der Waals surface area contributed by atoms with E-state index in [1.165, 1.54) is 10.7 Å². The number of amides is 1. The van der Waals surface area contributed by atoms with Crippen LogP contribution >= 0.6 is 11.6 Å². The summed E-state index contributed by atoms with van der Waals surface area (Å²) >= 11 is 6.29. The molecule has 0 radical (unpaired) electrons. The van der Waals surface area contributed by atoms with Gasteiger partial charge in [-0.3, -0.25) is 14.7 Å². The average Bonchev–Trinajstić information content (AvgIpc) is 3.29. The molecule has 1 N–H and O–H groups in total. The molecule has 4 rings (SSSR count). The van der Waals surface area contributed by atoms with Crippen molar-refractivity contribution in [2.75, 3.05) is 13.1 Å². The summed E-state index contributed by atoms with van der Waals surface area (Å²) < 4.78 is 1.38. The quantitative estimate of drug-likeness (QED) is 0.770. The largest absolute Gasteiger partial charge is 0.337 e. The van der Waals surface area contributed by atoms with Crippen LogP contribution in [-0.4, -0.2) is 33.7 Å². The Labute approximate surface area is 155 Å². The van der Waals surface area contributed by atoms with E-state index in [4.69, 9.17) is 11.6 Å². The summed E-state index contributed by atoms with van der Waals surface area (Å²) in [5.41, 5.74) is 1.83. The summed E-state index contributed by atoms with van der Waals surface area (Å²) in [6.45, 7) is 1.24. The van der Waals surface area contributed by atoms with Crippen LogP contribution < -0.4 is 5.56 Å². The molecule has 0 aliphatic carbocycles. The lowest BCUT2D eigenvalue weighted by atomic mass is 9.98. The highest BCUT2D eigenvalue weighted by Crippen LogP contribution is 2.32. The lowest BCUT2D eigenvalue weighted by Crippen LogP contribution is -2.29. The molecule has 1 aromatic heterocycles. The number of aromatic amines is 1. The number of carbonyl (C=O) groups excluding carboxylic acids is 1. The molecular formula is C20H18ClN3O2. The minimum absolute atomic E-state index is 0.161. The van der Waals surface area contributed by atoms with E-state index in [1.807, 2.05) is 54.6 Å². The molecule has 1 aliphatic rings. The first-order chi connectivity index (χ1) is 12.6. The van der Waals surface area contributed by atoms with Gasteiger partial charge in [0.15, 0.2) is 0 Å². The van der Waals surface area contributed by atoms with Gasteiger partial charge in [0.1, 0.15) is 5.69 Å². The molecule has 1 saturated heterocycles. The molecule has 26 heavy (non-hydrogen) atoms. The molecule has 1 fully saturated rings. The fourth-order valence-corrected chi connectivity index (χ4v) is 3.74. The molecule has 1 amide bonds. The number of rotatable bonds is 3. The van der Waals surface area contributed by atoms with Crippen molar-refractivity contribution in [3.63, 3.8) is 0 Å². The van der Waals surface area contributed by atoms with E-state index in [1.54, 1.807) is 4.90 Å². The molecule has 132 valence electrons. The lowest BCUT2D eigenvalue weighted by Gasteiger charge is -2.16. The second-order valence-corrected chi connectivity index (χ2v) is 6.84. The average molecular weight is 368 g/mol. The van der Waals surface area contributed by atoms with E-state index in [-0.39, 0.29) is 17.4 Å². The van der Waals surface area contributed by atoms with Gasteiger partial charge in [-0.1, -0.05) is 48.0 Å². The summed E-state index contributed by atoms with van der Waals surface area (Å²) in [4.78, 5) is 26.8. The number of halogens is 1. The minimum atomic E-state index is -0.249. The van der Waals surface area contributed by atoms with Gasteiger partial charge in [-0.05, 0) is 30.2 Å². The molecule has 5 nitrogen and oxygen atoms in total. The molecule has 0 spiro atoms. The Morgan fingerprint density at radius 3 is 2.58 bits per heavy atom. The van der Waals surface area contributed by atoms with Crippen LogP contribution in [0.4, 0.5) is 0 Å². The van der Waals surface area contributed by atoms with Crippen LogP contribution in [0.25, 0.3) is 5.69 Å². The van der Waals surface area contributed by atoms with Crippen LogP contribution in [0.5, 0.6) is 0 Å². The fraction of sp³-hybridized carbons (Fsp3) is 0.200. The number of hydrogen-bond acceptors (Lipinski definition) is 2. The van der Waals surface area contributed by atoms with Crippen molar-refractivity contribution in [3.05, 3.63) is 87.3 Å². The van der Waals surface area contributed by atoms with Gasteiger partial charge < -0.3 is 4.90 Å². The molecule has 6 heteroatoms. The van der Waals surface area contributed by atoms with Crippen LogP contribution in [0, 0.1) is 0 Å². The number of benzene rings is 2. The van der Waals surface area contributed by atoms with Crippen molar-refractivity contribution >= 4 is 17.5 Å². The molecule has 0 bridgehead atoms. The zero-order valence-corrected chi connectivity index (χ0v) is 14.8. The van der Waals surface area contributed by atoms with Crippen LogP contribution in [-0.2, 0) is 0 Å². The number of likely N-dealkylation sites (tertiary alicyclic amines) is 1. The van der Waals surface area contributed by atoms with Gasteiger partial charge in [0.05, 0.1) is 5.69 Å². The first-order valence-electron chi connectivity index (χ1n) is 8.54. The molecule has 2 aromatic carbocycles. The summed E-state index contributed by atoms with van der Waals surface area (Å²) in [6.07, 6.45) is 0.860. The molecule has 0 saturated carbocycles. The van der Waals surface area contributed by atoms with Crippen molar-refractivity contribution in [2.24, 2.45) is 0 Å². The van der Waals surface area contributed by atoms with E-state index in [9.17, 15) is 9.59 Å². The van der Waals surface area contributed by atoms with E-state index in [0.717, 1.165) is 17.0 Å². The summed E-state index contributed by atoms with van der Waals surface area (Å²) in [6, 6.07) is 18.3. The maximum absolute atomic E-state index is 12.8. The van der Waals surface area contributed by atoms with Gasteiger partial charge in [0, 0.05) is 30.1 Å². The number of nitrogens with one attached hydrogen (secondary N) is 1. The highest BCUT2D eigenvalue weighted by molar-refractivity contribution is 6.31. The van der Waals surface area contributed by atoms with Crippen molar-refractivity contribution < 1.29 is 4.79 Å². The van der Waals surface area contributed by atoms with Crippen LogP contribution in [0.1, 0.15) is 28.4 Å². The predicted molar refractivity (Wildman–Crippen MR) is 101 cm³/mol. The van der Waals surface area contributed by atoms with Crippen molar-refractivity contribution in [1.82, 2.24) is 14.7 Å². The van der Waals surface area contributed by atoms with Crippen LogP contribution in [0.2, 0.25) is 5.02 Å². The van der Waals surface area contributed by atoms with Crippen LogP contribution in [0.3, 0.4) is 0 Å². The van der Waals surface area contributed by atoms with Crippen LogP contribution in [0.15, 0.2) is 65.5 Å². The smallest absolute Gasteiger partial charge is 0.271 e. The molecular weight excluding hydrogens is 350 g/mol. The lowest BCUT2D eigenvalue weighted by molar-refractivity contribution is 0.0784. The van der Waals surface area contributed by atoms with E-state index in [0.29, 0.717) is 24.5 Å². The minimum Gasteiger partial charge on any atom is -0.337 e. The number of hydrogen-bond donors (Lipinski definition) is 1. The maximum atomic E-state index is 12.8. The van der Waals surface area contributed by atoms with Gasteiger partial charge in [0.2, 0.25) is 0 Å². The van der Waals surface area contributed by atoms with Crippen molar-refractivity contribution in [1.29, 1.82) is 0 Å². The second kappa shape index (κ2) is 6.84. The number of aromatic nitrogens is 2. The molecule has 0 unspecified atom stereocenters. The monoisotopic (exact) mass is 367 g/mol. The van der Waals surface area contributed by atoms with Gasteiger partial charge in [-0.2, -0.15) is 0 Å². The van der Waals surface area contributed by atoms with Gasteiger partial charge in [-0.25, -0.2) is 4.68 Å². The fourth-order valence-electron chi connectivity index (χ4n) is 3.45. The topological polar surface area (TPSA) is 58.1 Å². The zero-order valence-electron chi connectivity index (χ0n) is 14.1. The van der Waals surface area contributed by atoms with E-state index >= 15 is 0 Å². The highest BCUT2D eigenvalue weighted by atomic mass is 35.5. The second-order valence-electron chi connectivity index (χ2n) is 6.44. The number of carbonyl (C=O) groups is 1. The Bertz CT molecular complexity index is 994. The maximum Gasteiger partial charge on any atom is 0.271 e. The first-order valence-corrected chi connectivity index (χ1v) is 8.92. The van der Waals surface area contributed by atoms with E-state index < -0.39 is 0 Å².